The van der Waals surface area contributed by atoms with Crippen LogP contribution >= 0.6 is 0 Å². The normalized spacial score (nSPS) is 14.4. The molecular weight excluding hydrogens is 315 g/mol. The summed E-state index contributed by atoms with van der Waals surface area (Å²) < 4.78 is 113. The SMILES string of the molecule is CC(Cc1ccc(C(F)(F)F)cc1)(C(F)(F)F)C(F)(F)F. The van der Waals surface area contributed by atoms with E-state index in [9.17, 15) is 39.5 Å². The molecule has 0 atom stereocenters. The van der Waals surface area contributed by atoms with Crippen LogP contribution in [0.1, 0.15) is 18.1 Å². The van der Waals surface area contributed by atoms with Gasteiger partial charge < -0.3 is 0 Å². The van der Waals surface area contributed by atoms with Crippen molar-refractivity contribution in [3.8, 4) is 0 Å². The zero-order valence-electron chi connectivity index (χ0n) is 10.4. The lowest BCUT2D eigenvalue weighted by Crippen LogP contribution is -2.49. The Hall–Kier alpha value is -1.41. The smallest absolute Gasteiger partial charge is 0.170 e. The van der Waals surface area contributed by atoms with Gasteiger partial charge >= 0.3 is 18.5 Å². The van der Waals surface area contributed by atoms with Gasteiger partial charge in [0.2, 0.25) is 0 Å². The summed E-state index contributed by atoms with van der Waals surface area (Å²) in [6, 6.07) is 2.11. The third kappa shape index (κ3) is 3.62. The highest BCUT2D eigenvalue weighted by molar-refractivity contribution is 5.26. The van der Waals surface area contributed by atoms with Crippen molar-refractivity contribution in [3.63, 3.8) is 0 Å². The van der Waals surface area contributed by atoms with Gasteiger partial charge in [-0.3, -0.25) is 0 Å². The van der Waals surface area contributed by atoms with E-state index in [1.165, 1.54) is 0 Å². The lowest BCUT2D eigenvalue weighted by Gasteiger charge is -2.34. The molecule has 1 aromatic rings. The highest BCUT2D eigenvalue weighted by Gasteiger charge is 2.67. The van der Waals surface area contributed by atoms with E-state index in [1.807, 2.05) is 0 Å². The predicted octanol–water partition coefficient (Wildman–Crippen LogP) is 5.38. The highest BCUT2D eigenvalue weighted by Crippen LogP contribution is 2.52. The zero-order valence-corrected chi connectivity index (χ0v) is 10.4. The van der Waals surface area contributed by atoms with E-state index >= 15 is 0 Å². The van der Waals surface area contributed by atoms with Crippen LogP contribution in [0.15, 0.2) is 24.3 Å². The molecule has 0 saturated heterocycles. The van der Waals surface area contributed by atoms with Gasteiger partial charge in [-0.15, -0.1) is 0 Å². The van der Waals surface area contributed by atoms with Crippen LogP contribution in [0.4, 0.5) is 39.5 Å². The number of hydrogen-bond acceptors (Lipinski definition) is 0. The molecular formula is C12H9F9. The molecule has 0 unspecified atom stereocenters. The molecule has 21 heavy (non-hydrogen) atoms. The first-order valence-electron chi connectivity index (χ1n) is 5.48. The lowest BCUT2D eigenvalue weighted by molar-refractivity contribution is -0.334. The average Bonchev–Trinajstić information content (AvgIpc) is 2.25. The molecule has 0 saturated carbocycles. The fourth-order valence-electron chi connectivity index (χ4n) is 1.58. The van der Waals surface area contributed by atoms with Crippen LogP contribution in [-0.4, -0.2) is 12.4 Å². The van der Waals surface area contributed by atoms with E-state index in [1.54, 1.807) is 0 Å². The van der Waals surface area contributed by atoms with Crippen molar-refractivity contribution < 1.29 is 39.5 Å². The molecule has 0 aliphatic carbocycles. The summed E-state index contributed by atoms with van der Waals surface area (Å²) in [4.78, 5) is 0. The Bertz CT molecular complexity index is 461. The molecule has 0 aromatic heterocycles. The van der Waals surface area contributed by atoms with E-state index in [-0.39, 0.29) is 6.92 Å². The van der Waals surface area contributed by atoms with Crippen molar-refractivity contribution in [3.05, 3.63) is 35.4 Å². The lowest BCUT2D eigenvalue weighted by atomic mass is 9.82. The minimum absolute atomic E-state index is 0.0231. The second-order valence-corrected chi connectivity index (χ2v) is 4.70. The summed E-state index contributed by atoms with van der Waals surface area (Å²) in [7, 11) is 0. The average molecular weight is 324 g/mol. The van der Waals surface area contributed by atoms with Gasteiger partial charge in [0.1, 0.15) is 0 Å². The molecule has 0 amide bonds. The Morgan fingerprint density at radius 3 is 1.38 bits per heavy atom. The molecule has 0 nitrogen and oxygen atoms in total. The molecule has 0 fully saturated rings. The van der Waals surface area contributed by atoms with Crippen LogP contribution in [0.25, 0.3) is 0 Å². The van der Waals surface area contributed by atoms with Crippen LogP contribution in [0.5, 0.6) is 0 Å². The maximum absolute atomic E-state index is 12.7. The summed E-state index contributed by atoms with van der Waals surface area (Å²) in [5.74, 6) is 0. The first-order chi connectivity index (χ1) is 9.18. The van der Waals surface area contributed by atoms with E-state index in [2.05, 4.69) is 0 Å². The quantitative estimate of drug-likeness (QED) is 0.641. The first kappa shape index (κ1) is 17.6. The largest absolute Gasteiger partial charge is 0.416 e. The number of benzene rings is 1. The molecule has 9 heteroatoms. The molecule has 0 radical (unpaired) electrons. The molecule has 0 aliphatic rings. The Balaban J connectivity index is 3.13. The standard InChI is InChI=1S/C12H9F9/c1-9(11(16,17)18,12(19,20)21)6-7-2-4-8(5-3-7)10(13,14)15/h2-5H,6H2,1H3. The van der Waals surface area contributed by atoms with Crippen LogP contribution in [-0.2, 0) is 12.6 Å². The fraction of sp³-hybridized carbons (Fsp3) is 0.500. The highest BCUT2D eigenvalue weighted by atomic mass is 19.4. The van der Waals surface area contributed by atoms with Crippen molar-refractivity contribution >= 4 is 0 Å². The summed E-state index contributed by atoms with van der Waals surface area (Å²) >= 11 is 0. The Kier molecular flexibility index (Phi) is 4.28. The van der Waals surface area contributed by atoms with Gasteiger partial charge in [-0.1, -0.05) is 12.1 Å². The summed E-state index contributed by atoms with van der Waals surface area (Å²) in [5.41, 5.74) is -5.66. The van der Waals surface area contributed by atoms with Gasteiger partial charge in [0, 0.05) is 0 Å². The molecule has 0 N–H and O–H groups in total. The topological polar surface area (TPSA) is 0 Å². The summed E-state index contributed by atoms with van der Waals surface area (Å²) in [6.45, 7) is -0.0231. The van der Waals surface area contributed by atoms with Crippen molar-refractivity contribution in [2.24, 2.45) is 5.41 Å². The molecule has 0 bridgehead atoms. The van der Waals surface area contributed by atoms with Crippen LogP contribution in [0.3, 0.4) is 0 Å². The van der Waals surface area contributed by atoms with Gasteiger partial charge in [0.05, 0.1) is 5.56 Å². The van der Waals surface area contributed by atoms with Gasteiger partial charge in [0.25, 0.3) is 0 Å². The summed E-state index contributed by atoms with van der Waals surface area (Å²) in [5, 5.41) is 0. The predicted molar refractivity (Wildman–Crippen MR) is 55.4 cm³/mol. The zero-order chi connectivity index (χ0) is 16.7. The van der Waals surface area contributed by atoms with Crippen molar-refractivity contribution in [1.82, 2.24) is 0 Å². The second-order valence-electron chi connectivity index (χ2n) is 4.70. The third-order valence-corrected chi connectivity index (χ3v) is 3.09. The third-order valence-electron chi connectivity index (χ3n) is 3.09. The Morgan fingerprint density at radius 1 is 0.714 bits per heavy atom. The minimum Gasteiger partial charge on any atom is -0.170 e. The number of halogens is 9. The maximum Gasteiger partial charge on any atom is 0.416 e. The van der Waals surface area contributed by atoms with E-state index in [4.69, 9.17) is 0 Å². The van der Waals surface area contributed by atoms with Gasteiger partial charge in [-0.25, -0.2) is 0 Å². The van der Waals surface area contributed by atoms with Crippen LogP contribution in [0.2, 0.25) is 0 Å². The summed E-state index contributed by atoms with van der Waals surface area (Å²) in [6.07, 6.45) is -17.4. The van der Waals surface area contributed by atoms with Crippen molar-refractivity contribution in [2.45, 2.75) is 31.9 Å². The van der Waals surface area contributed by atoms with Crippen molar-refractivity contribution in [2.75, 3.05) is 0 Å². The maximum atomic E-state index is 12.7. The second kappa shape index (κ2) is 5.10. The molecule has 1 aromatic carbocycles. The fourth-order valence-corrected chi connectivity index (χ4v) is 1.58. The van der Waals surface area contributed by atoms with Crippen LogP contribution in [0, 0.1) is 5.41 Å². The van der Waals surface area contributed by atoms with E-state index in [0.29, 0.717) is 24.3 Å². The number of rotatable bonds is 2. The van der Waals surface area contributed by atoms with Crippen molar-refractivity contribution in [1.29, 1.82) is 0 Å². The molecule has 0 aliphatic heterocycles. The molecule has 0 spiro atoms. The Morgan fingerprint density at radius 2 is 1.10 bits per heavy atom. The van der Waals surface area contributed by atoms with Gasteiger partial charge in [0.15, 0.2) is 5.41 Å². The molecule has 120 valence electrons. The van der Waals surface area contributed by atoms with Gasteiger partial charge in [-0.2, -0.15) is 39.5 Å². The van der Waals surface area contributed by atoms with E-state index < -0.39 is 41.5 Å². The van der Waals surface area contributed by atoms with Gasteiger partial charge in [-0.05, 0) is 31.0 Å². The Labute approximate surface area is 113 Å². The van der Waals surface area contributed by atoms with E-state index in [0.717, 1.165) is 0 Å². The van der Waals surface area contributed by atoms with Crippen LogP contribution < -0.4 is 0 Å². The molecule has 1 rings (SSSR count). The minimum atomic E-state index is -5.58. The number of hydrogen-bond donors (Lipinski definition) is 0. The molecule has 0 heterocycles. The monoisotopic (exact) mass is 324 g/mol. The number of alkyl halides is 9. The first-order valence-corrected chi connectivity index (χ1v) is 5.48.